The summed E-state index contributed by atoms with van der Waals surface area (Å²) in [6.45, 7) is 3.17. The Balaban J connectivity index is 2.03. The van der Waals surface area contributed by atoms with Crippen LogP contribution in [0, 0.1) is 5.92 Å². The maximum Gasteiger partial charge on any atom is 0.147 e. The minimum atomic E-state index is -0.332. The highest BCUT2D eigenvalue weighted by Crippen LogP contribution is 2.33. The molecular formula is C12H17Cl2N3O. The summed E-state index contributed by atoms with van der Waals surface area (Å²) < 4.78 is 0. The Hall–Kier alpha value is -0.710. The summed E-state index contributed by atoms with van der Waals surface area (Å²) in [6.07, 6.45) is 1.88. The van der Waals surface area contributed by atoms with Crippen molar-refractivity contribution in [2.45, 2.75) is 25.9 Å². The average molecular weight is 290 g/mol. The van der Waals surface area contributed by atoms with Crippen LogP contribution < -0.4 is 10.6 Å². The average Bonchev–Trinajstić information content (AvgIpc) is 3.15. The van der Waals surface area contributed by atoms with Crippen molar-refractivity contribution in [1.29, 1.82) is 0 Å². The van der Waals surface area contributed by atoms with Crippen LogP contribution >= 0.6 is 23.2 Å². The molecule has 0 radical (unpaired) electrons. The van der Waals surface area contributed by atoms with E-state index in [9.17, 15) is 5.11 Å². The van der Waals surface area contributed by atoms with Crippen molar-refractivity contribution < 1.29 is 5.11 Å². The van der Waals surface area contributed by atoms with Crippen molar-refractivity contribution in [2.24, 2.45) is 5.92 Å². The smallest absolute Gasteiger partial charge is 0.147 e. The fourth-order valence-electron chi connectivity index (χ4n) is 1.73. The van der Waals surface area contributed by atoms with Crippen LogP contribution in [0.25, 0.3) is 0 Å². The van der Waals surface area contributed by atoms with Gasteiger partial charge in [-0.25, -0.2) is 4.98 Å². The molecule has 1 heterocycles. The van der Waals surface area contributed by atoms with Gasteiger partial charge in [-0.2, -0.15) is 0 Å². The molecule has 18 heavy (non-hydrogen) atoms. The van der Waals surface area contributed by atoms with E-state index in [-0.39, 0.29) is 6.10 Å². The SMILES string of the molecule is CCNc1nc(NCC(O)C2CC2)c(Cl)cc1Cl. The third kappa shape index (κ3) is 3.40. The zero-order chi connectivity index (χ0) is 13.1. The van der Waals surface area contributed by atoms with Crippen molar-refractivity contribution in [3.05, 3.63) is 16.1 Å². The van der Waals surface area contributed by atoms with E-state index in [1.54, 1.807) is 6.07 Å². The van der Waals surface area contributed by atoms with Crippen molar-refractivity contribution in [3.63, 3.8) is 0 Å². The second-order valence-corrected chi connectivity index (χ2v) is 5.28. The lowest BCUT2D eigenvalue weighted by atomic mass is 10.2. The monoisotopic (exact) mass is 289 g/mol. The number of aromatic nitrogens is 1. The predicted molar refractivity (Wildman–Crippen MR) is 75.6 cm³/mol. The van der Waals surface area contributed by atoms with Crippen molar-refractivity contribution in [3.8, 4) is 0 Å². The van der Waals surface area contributed by atoms with Crippen molar-refractivity contribution >= 4 is 34.8 Å². The minimum Gasteiger partial charge on any atom is -0.391 e. The number of pyridine rings is 1. The summed E-state index contributed by atoms with van der Waals surface area (Å²) in [4.78, 5) is 4.32. The molecule has 6 heteroatoms. The van der Waals surface area contributed by atoms with Crippen LogP contribution in [-0.4, -0.2) is 29.3 Å². The molecule has 0 saturated heterocycles. The van der Waals surface area contributed by atoms with Gasteiger partial charge in [-0.05, 0) is 31.7 Å². The first-order valence-corrected chi connectivity index (χ1v) is 6.89. The van der Waals surface area contributed by atoms with Gasteiger partial charge in [-0.3, -0.25) is 0 Å². The topological polar surface area (TPSA) is 57.2 Å². The van der Waals surface area contributed by atoms with Gasteiger partial charge in [0.1, 0.15) is 11.6 Å². The molecule has 0 spiro atoms. The van der Waals surface area contributed by atoms with Crippen LogP contribution in [0.5, 0.6) is 0 Å². The lowest BCUT2D eigenvalue weighted by molar-refractivity contribution is 0.164. The summed E-state index contributed by atoms with van der Waals surface area (Å²) in [5, 5.41) is 16.9. The van der Waals surface area contributed by atoms with Crippen LogP contribution in [0.1, 0.15) is 19.8 Å². The molecule has 1 unspecified atom stereocenters. The summed E-state index contributed by atoms with van der Waals surface area (Å²) >= 11 is 12.1. The number of nitrogens with one attached hydrogen (secondary N) is 2. The molecule has 0 aliphatic heterocycles. The van der Waals surface area contributed by atoms with E-state index >= 15 is 0 Å². The second kappa shape index (κ2) is 5.95. The van der Waals surface area contributed by atoms with Gasteiger partial charge in [-0.1, -0.05) is 23.2 Å². The third-order valence-electron chi connectivity index (χ3n) is 2.92. The Morgan fingerprint density at radius 3 is 2.50 bits per heavy atom. The Labute approximate surface area is 117 Å². The molecule has 100 valence electrons. The lowest BCUT2D eigenvalue weighted by Gasteiger charge is -2.14. The molecule has 1 saturated carbocycles. The molecular weight excluding hydrogens is 273 g/mol. The van der Waals surface area contributed by atoms with Gasteiger partial charge in [0, 0.05) is 13.1 Å². The third-order valence-corrected chi connectivity index (χ3v) is 3.49. The summed E-state index contributed by atoms with van der Waals surface area (Å²) in [7, 11) is 0. The molecule has 1 aromatic heterocycles. The summed E-state index contributed by atoms with van der Waals surface area (Å²) in [5.41, 5.74) is 0. The van der Waals surface area contributed by atoms with Crippen LogP contribution in [0.15, 0.2) is 6.07 Å². The number of halogens is 2. The molecule has 0 aromatic carbocycles. The summed E-state index contributed by atoms with van der Waals surface area (Å²) in [5.74, 6) is 1.58. The van der Waals surface area contributed by atoms with E-state index in [2.05, 4.69) is 15.6 Å². The van der Waals surface area contributed by atoms with Crippen LogP contribution in [0.4, 0.5) is 11.6 Å². The van der Waals surface area contributed by atoms with Crippen molar-refractivity contribution in [1.82, 2.24) is 4.98 Å². The maximum atomic E-state index is 9.79. The van der Waals surface area contributed by atoms with Gasteiger partial charge in [0.15, 0.2) is 0 Å². The number of nitrogens with zero attached hydrogens (tertiary/aromatic N) is 1. The predicted octanol–water partition coefficient (Wildman–Crippen LogP) is 3.00. The molecule has 1 fully saturated rings. The van der Waals surface area contributed by atoms with E-state index in [1.807, 2.05) is 6.92 Å². The zero-order valence-electron chi connectivity index (χ0n) is 10.2. The number of hydrogen-bond acceptors (Lipinski definition) is 4. The van der Waals surface area contributed by atoms with Gasteiger partial charge >= 0.3 is 0 Å². The highest BCUT2D eigenvalue weighted by molar-refractivity contribution is 6.37. The van der Waals surface area contributed by atoms with Crippen LogP contribution in [0.3, 0.4) is 0 Å². The molecule has 3 N–H and O–H groups in total. The molecule has 1 aromatic rings. The fourth-order valence-corrected chi connectivity index (χ4v) is 2.22. The number of rotatable bonds is 6. The Kier molecular flexibility index (Phi) is 4.54. The molecule has 1 aliphatic carbocycles. The normalized spacial score (nSPS) is 16.4. The molecule has 1 aliphatic rings. The highest BCUT2D eigenvalue weighted by atomic mass is 35.5. The van der Waals surface area contributed by atoms with Gasteiger partial charge in [0.25, 0.3) is 0 Å². The number of hydrogen-bond donors (Lipinski definition) is 3. The molecule has 0 amide bonds. The first kappa shape index (κ1) is 13.7. The van der Waals surface area contributed by atoms with E-state index in [0.717, 1.165) is 19.4 Å². The first-order chi connectivity index (χ1) is 8.61. The maximum absolute atomic E-state index is 9.79. The van der Waals surface area contributed by atoms with E-state index in [1.165, 1.54) is 0 Å². The van der Waals surface area contributed by atoms with E-state index in [0.29, 0.717) is 34.1 Å². The van der Waals surface area contributed by atoms with Crippen LogP contribution in [-0.2, 0) is 0 Å². The quantitative estimate of drug-likeness (QED) is 0.754. The standard InChI is InChI=1S/C12H17Cl2N3O/c1-2-15-11-8(13)5-9(14)12(17-11)16-6-10(18)7-3-4-7/h5,7,10,18H,2-4,6H2,1H3,(H2,15,16,17). The second-order valence-electron chi connectivity index (χ2n) is 4.47. The van der Waals surface area contributed by atoms with E-state index < -0.39 is 0 Å². The molecule has 0 bridgehead atoms. The zero-order valence-corrected chi connectivity index (χ0v) is 11.7. The number of aliphatic hydroxyl groups is 1. The summed E-state index contributed by atoms with van der Waals surface area (Å²) in [6, 6.07) is 1.65. The molecule has 1 atom stereocenters. The fraction of sp³-hybridized carbons (Fsp3) is 0.583. The molecule has 2 rings (SSSR count). The minimum absolute atomic E-state index is 0.332. The lowest BCUT2D eigenvalue weighted by Crippen LogP contribution is -2.22. The largest absolute Gasteiger partial charge is 0.391 e. The molecule has 4 nitrogen and oxygen atoms in total. The first-order valence-electron chi connectivity index (χ1n) is 6.13. The Bertz CT molecular complexity index is 424. The van der Waals surface area contributed by atoms with Gasteiger partial charge in [0.05, 0.1) is 16.1 Å². The van der Waals surface area contributed by atoms with Crippen molar-refractivity contribution in [2.75, 3.05) is 23.7 Å². The number of aliphatic hydroxyl groups excluding tert-OH is 1. The van der Waals surface area contributed by atoms with Gasteiger partial charge in [0.2, 0.25) is 0 Å². The highest BCUT2D eigenvalue weighted by Gasteiger charge is 2.29. The number of anilines is 2. The Morgan fingerprint density at radius 1 is 1.33 bits per heavy atom. The van der Waals surface area contributed by atoms with E-state index in [4.69, 9.17) is 23.2 Å². The Morgan fingerprint density at radius 2 is 1.94 bits per heavy atom. The van der Waals surface area contributed by atoms with Crippen LogP contribution in [0.2, 0.25) is 10.0 Å². The van der Waals surface area contributed by atoms with Gasteiger partial charge < -0.3 is 15.7 Å². The van der Waals surface area contributed by atoms with Gasteiger partial charge in [-0.15, -0.1) is 0 Å².